The van der Waals surface area contributed by atoms with Gasteiger partial charge in [0.05, 0.1) is 4.88 Å². The fourth-order valence-corrected chi connectivity index (χ4v) is 3.24. The smallest absolute Gasteiger partial charge is 0.326 e. The van der Waals surface area contributed by atoms with Crippen LogP contribution in [-0.4, -0.2) is 28.9 Å². The molecule has 1 aromatic carbocycles. The molecule has 1 unspecified atom stereocenters. The third-order valence-electron chi connectivity index (χ3n) is 4.28. The zero-order valence-electron chi connectivity index (χ0n) is 14.1. The molecule has 3 rings (SSSR count). The Morgan fingerprint density at radius 3 is 2.42 bits per heavy atom. The van der Waals surface area contributed by atoms with E-state index in [2.05, 4.69) is 10.6 Å². The first-order valence-electron chi connectivity index (χ1n) is 8.47. The van der Waals surface area contributed by atoms with Crippen molar-refractivity contribution in [2.24, 2.45) is 5.92 Å². The first-order chi connectivity index (χ1) is 12.5. The molecule has 0 saturated heterocycles. The molecular weight excluding hydrogens is 352 g/mol. The average molecular weight is 372 g/mol. The van der Waals surface area contributed by atoms with Crippen LogP contribution in [0.4, 0.5) is 0 Å². The largest absolute Gasteiger partial charge is 0.480 e. The highest BCUT2D eigenvalue weighted by molar-refractivity contribution is 7.12. The number of benzene rings is 1. The van der Waals surface area contributed by atoms with Gasteiger partial charge < -0.3 is 15.7 Å². The van der Waals surface area contributed by atoms with Gasteiger partial charge in [0.2, 0.25) is 0 Å². The van der Waals surface area contributed by atoms with Crippen LogP contribution in [0.5, 0.6) is 0 Å². The number of carbonyl (C=O) groups is 3. The van der Waals surface area contributed by atoms with E-state index >= 15 is 0 Å². The van der Waals surface area contributed by atoms with Gasteiger partial charge in [-0.1, -0.05) is 31.0 Å². The highest BCUT2D eigenvalue weighted by atomic mass is 32.1. The fourth-order valence-electron chi connectivity index (χ4n) is 2.60. The molecule has 3 N–H and O–H groups in total. The van der Waals surface area contributed by atoms with E-state index in [1.165, 1.54) is 11.3 Å². The maximum atomic E-state index is 12.3. The lowest BCUT2D eigenvalue weighted by atomic mass is 10.1. The Hall–Kier alpha value is -2.67. The summed E-state index contributed by atoms with van der Waals surface area (Å²) in [7, 11) is 0. The molecule has 7 heteroatoms. The van der Waals surface area contributed by atoms with Crippen molar-refractivity contribution in [2.45, 2.75) is 31.8 Å². The maximum absolute atomic E-state index is 12.3. The molecule has 1 heterocycles. The van der Waals surface area contributed by atoms with Crippen LogP contribution in [0.1, 0.15) is 44.9 Å². The number of carbonyl (C=O) groups excluding carboxylic acids is 2. The van der Waals surface area contributed by atoms with Gasteiger partial charge in [0.25, 0.3) is 11.8 Å². The summed E-state index contributed by atoms with van der Waals surface area (Å²) in [4.78, 5) is 36.1. The summed E-state index contributed by atoms with van der Waals surface area (Å²) < 4.78 is 0. The van der Waals surface area contributed by atoms with Crippen molar-refractivity contribution in [3.63, 3.8) is 0 Å². The number of rotatable bonds is 8. The lowest BCUT2D eigenvalue weighted by molar-refractivity contribution is -0.139. The van der Waals surface area contributed by atoms with E-state index in [9.17, 15) is 19.5 Å². The van der Waals surface area contributed by atoms with E-state index in [-0.39, 0.29) is 5.91 Å². The molecule has 0 radical (unpaired) electrons. The van der Waals surface area contributed by atoms with Gasteiger partial charge in [0.1, 0.15) is 6.04 Å². The minimum absolute atomic E-state index is 0.133. The van der Waals surface area contributed by atoms with Crippen molar-refractivity contribution >= 4 is 29.1 Å². The number of nitrogens with one attached hydrogen (secondary N) is 2. The van der Waals surface area contributed by atoms with E-state index in [0.29, 0.717) is 29.3 Å². The summed E-state index contributed by atoms with van der Waals surface area (Å²) in [5.41, 5.74) is 1.26. The molecule has 0 spiro atoms. The second kappa shape index (κ2) is 8.14. The van der Waals surface area contributed by atoms with Crippen molar-refractivity contribution in [1.29, 1.82) is 0 Å². The Kier molecular flexibility index (Phi) is 5.68. The Labute approximate surface area is 155 Å². The number of hydrogen-bond acceptors (Lipinski definition) is 4. The molecule has 0 aliphatic heterocycles. The number of amides is 2. The number of aliphatic carboxylic acids is 1. The van der Waals surface area contributed by atoms with Crippen LogP contribution in [0.3, 0.4) is 0 Å². The lowest BCUT2D eigenvalue weighted by Crippen LogP contribution is -2.41. The van der Waals surface area contributed by atoms with Crippen LogP contribution in [0, 0.1) is 5.92 Å². The van der Waals surface area contributed by atoms with Gasteiger partial charge in [-0.3, -0.25) is 9.59 Å². The van der Waals surface area contributed by atoms with Crippen LogP contribution in [0.2, 0.25) is 0 Å². The number of carboxylic acid groups (broad SMARTS) is 1. The molecule has 0 bridgehead atoms. The predicted octanol–water partition coefficient (Wildman–Crippen LogP) is 2.66. The predicted molar refractivity (Wildman–Crippen MR) is 98.2 cm³/mol. The molecule has 2 aromatic rings. The Morgan fingerprint density at radius 1 is 1.12 bits per heavy atom. The molecule has 26 heavy (non-hydrogen) atoms. The Morgan fingerprint density at radius 2 is 1.85 bits per heavy atom. The normalized spacial score (nSPS) is 14.5. The number of hydrogen-bond donors (Lipinski definition) is 3. The molecule has 1 aliphatic rings. The topological polar surface area (TPSA) is 95.5 Å². The second-order valence-electron chi connectivity index (χ2n) is 6.40. The van der Waals surface area contributed by atoms with E-state index in [0.717, 1.165) is 18.4 Å². The summed E-state index contributed by atoms with van der Waals surface area (Å²) in [6.07, 6.45) is 2.55. The molecule has 1 fully saturated rings. The van der Waals surface area contributed by atoms with Crippen molar-refractivity contribution in [3.05, 3.63) is 57.8 Å². The van der Waals surface area contributed by atoms with E-state index in [1.54, 1.807) is 30.3 Å². The Balaban J connectivity index is 1.53. The zero-order valence-corrected chi connectivity index (χ0v) is 14.9. The monoisotopic (exact) mass is 372 g/mol. The molecule has 136 valence electrons. The zero-order chi connectivity index (χ0) is 18.5. The third kappa shape index (κ3) is 4.92. The number of carboxylic acids is 1. The third-order valence-corrected chi connectivity index (χ3v) is 5.15. The molecule has 1 saturated carbocycles. The van der Waals surface area contributed by atoms with E-state index < -0.39 is 17.9 Å². The van der Waals surface area contributed by atoms with Gasteiger partial charge >= 0.3 is 5.97 Å². The highest BCUT2D eigenvalue weighted by Crippen LogP contribution is 2.33. The first-order valence-corrected chi connectivity index (χ1v) is 9.35. The van der Waals surface area contributed by atoms with Crippen LogP contribution < -0.4 is 10.6 Å². The van der Waals surface area contributed by atoms with E-state index in [4.69, 9.17) is 0 Å². The number of thiophene rings is 1. The molecule has 2 amide bonds. The van der Waals surface area contributed by atoms with Gasteiger partial charge in [0, 0.05) is 12.1 Å². The molecule has 6 nitrogen and oxygen atoms in total. The standard InChI is InChI=1S/C19H20N2O4S/c22-17(21-15(19(24)25)10-12-3-4-12)14-7-5-13(6-8-14)11-20-18(23)16-2-1-9-26-16/h1-2,5-9,12,15H,3-4,10-11H2,(H,20,23)(H,21,22)(H,24,25). The SMILES string of the molecule is O=C(NC(CC1CC1)C(=O)O)c1ccc(CNC(=O)c2cccs2)cc1. The van der Waals surface area contributed by atoms with Crippen molar-refractivity contribution in [1.82, 2.24) is 10.6 Å². The van der Waals surface area contributed by atoms with Gasteiger partial charge in [-0.25, -0.2) is 4.79 Å². The summed E-state index contributed by atoms with van der Waals surface area (Å²) in [6.45, 7) is 0.359. The summed E-state index contributed by atoms with van der Waals surface area (Å²) in [5, 5.41) is 16.5. The second-order valence-corrected chi connectivity index (χ2v) is 7.35. The summed E-state index contributed by atoms with van der Waals surface area (Å²) in [6, 6.07) is 9.50. The summed E-state index contributed by atoms with van der Waals surface area (Å²) >= 11 is 1.38. The molecule has 1 aliphatic carbocycles. The van der Waals surface area contributed by atoms with Gasteiger partial charge in [-0.2, -0.15) is 0 Å². The quantitative estimate of drug-likeness (QED) is 0.664. The van der Waals surface area contributed by atoms with Crippen molar-refractivity contribution in [2.75, 3.05) is 0 Å². The minimum atomic E-state index is -1.00. The van der Waals surface area contributed by atoms with Crippen LogP contribution in [0.15, 0.2) is 41.8 Å². The van der Waals surface area contributed by atoms with Crippen LogP contribution in [-0.2, 0) is 11.3 Å². The molecular formula is C19H20N2O4S. The highest BCUT2D eigenvalue weighted by Gasteiger charge is 2.30. The van der Waals surface area contributed by atoms with Crippen LogP contribution in [0.25, 0.3) is 0 Å². The minimum Gasteiger partial charge on any atom is -0.480 e. The van der Waals surface area contributed by atoms with Crippen molar-refractivity contribution in [3.8, 4) is 0 Å². The van der Waals surface area contributed by atoms with Crippen LogP contribution >= 0.6 is 11.3 Å². The van der Waals surface area contributed by atoms with Gasteiger partial charge in [0.15, 0.2) is 0 Å². The lowest BCUT2D eigenvalue weighted by Gasteiger charge is -2.14. The molecule has 1 atom stereocenters. The van der Waals surface area contributed by atoms with Gasteiger partial charge in [-0.05, 0) is 41.5 Å². The fraction of sp³-hybridized carbons (Fsp3) is 0.316. The first kappa shape index (κ1) is 18.1. The Bertz CT molecular complexity index is 782. The van der Waals surface area contributed by atoms with E-state index in [1.807, 2.05) is 11.4 Å². The van der Waals surface area contributed by atoms with Gasteiger partial charge in [-0.15, -0.1) is 11.3 Å². The van der Waals surface area contributed by atoms with Crippen molar-refractivity contribution < 1.29 is 19.5 Å². The summed E-state index contributed by atoms with van der Waals surface area (Å²) in [5.74, 6) is -1.12. The maximum Gasteiger partial charge on any atom is 0.326 e. The molecule has 1 aromatic heterocycles. The average Bonchev–Trinajstić information content (AvgIpc) is 3.28.